The van der Waals surface area contributed by atoms with Crippen LogP contribution in [0.3, 0.4) is 0 Å². The second kappa shape index (κ2) is 9.26. The highest BCUT2D eigenvalue weighted by Gasteiger charge is 2.24. The Kier molecular flexibility index (Phi) is 6.02. The first kappa shape index (κ1) is 22.1. The minimum absolute atomic E-state index is 0.00323. The zero-order valence-electron chi connectivity index (χ0n) is 19.1. The minimum atomic E-state index is -0.205. The number of rotatable bonds is 5. The Bertz CT molecular complexity index is 1390. The quantitative estimate of drug-likeness (QED) is 0.440. The maximum atomic E-state index is 12.9. The highest BCUT2D eigenvalue weighted by atomic mass is 32.1. The van der Waals surface area contributed by atoms with Crippen LogP contribution in [-0.2, 0) is 0 Å². The summed E-state index contributed by atoms with van der Waals surface area (Å²) in [5.74, 6) is 1.37. The van der Waals surface area contributed by atoms with Crippen molar-refractivity contribution in [3.63, 3.8) is 0 Å². The summed E-state index contributed by atoms with van der Waals surface area (Å²) < 4.78 is 6.82. The third-order valence-corrected chi connectivity index (χ3v) is 6.85. The molecule has 1 saturated heterocycles. The van der Waals surface area contributed by atoms with E-state index in [1.54, 1.807) is 12.1 Å². The molecule has 1 amide bonds. The van der Waals surface area contributed by atoms with Crippen LogP contribution in [0.25, 0.3) is 15.5 Å². The monoisotopic (exact) mass is 475 g/mol. The van der Waals surface area contributed by atoms with E-state index in [0.717, 1.165) is 21.9 Å². The van der Waals surface area contributed by atoms with E-state index in [0.29, 0.717) is 49.1 Å². The molecule has 174 valence electrons. The van der Waals surface area contributed by atoms with Crippen LogP contribution in [0.2, 0.25) is 0 Å². The Balaban J connectivity index is 1.31. The third-order valence-electron chi connectivity index (χ3n) is 5.91. The summed E-state index contributed by atoms with van der Waals surface area (Å²) in [4.78, 5) is 34.8. The van der Waals surface area contributed by atoms with E-state index in [9.17, 15) is 9.59 Å². The Morgan fingerprint density at radius 1 is 1.06 bits per heavy atom. The summed E-state index contributed by atoms with van der Waals surface area (Å²) in [6.07, 6.45) is 0. The van der Waals surface area contributed by atoms with Crippen molar-refractivity contribution in [2.75, 3.05) is 37.7 Å². The topological polar surface area (TPSA) is 80.0 Å². The van der Waals surface area contributed by atoms with Crippen molar-refractivity contribution in [2.45, 2.75) is 13.8 Å². The second-order valence-electron chi connectivity index (χ2n) is 8.11. The number of aromatic nitrogens is 3. The summed E-state index contributed by atoms with van der Waals surface area (Å²) in [6, 6.07) is 16.7. The number of carbonyl (C=O) groups is 1. The number of ether oxygens (including phenoxy) is 1. The van der Waals surface area contributed by atoms with Crippen LogP contribution in [-0.4, -0.2) is 58.2 Å². The van der Waals surface area contributed by atoms with Crippen LogP contribution in [0.15, 0.2) is 59.4 Å². The lowest BCUT2D eigenvalue weighted by atomic mass is 10.1. The molecule has 1 aliphatic heterocycles. The summed E-state index contributed by atoms with van der Waals surface area (Å²) in [5.41, 5.74) is 2.54. The Morgan fingerprint density at radius 2 is 1.79 bits per heavy atom. The van der Waals surface area contributed by atoms with Crippen molar-refractivity contribution >= 4 is 28.0 Å². The highest BCUT2D eigenvalue weighted by Crippen LogP contribution is 2.28. The van der Waals surface area contributed by atoms with Crippen LogP contribution in [0.1, 0.15) is 22.8 Å². The van der Waals surface area contributed by atoms with Crippen molar-refractivity contribution in [1.82, 2.24) is 19.5 Å². The number of amides is 1. The number of benzene rings is 2. The Hall–Kier alpha value is -3.72. The molecule has 0 saturated carbocycles. The molecular weight excluding hydrogens is 450 g/mol. The van der Waals surface area contributed by atoms with Gasteiger partial charge in [-0.05, 0) is 43.7 Å². The maximum Gasteiger partial charge on any atom is 0.277 e. The zero-order chi connectivity index (χ0) is 23.7. The van der Waals surface area contributed by atoms with E-state index < -0.39 is 0 Å². The van der Waals surface area contributed by atoms with Gasteiger partial charge >= 0.3 is 0 Å². The van der Waals surface area contributed by atoms with Gasteiger partial charge in [-0.15, -0.1) is 0 Å². The number of nitrogens with zero attached hydrogens (tertiary/aromatic N) is 5. The normalized spacial score (nSPS) is 13.9. The van der Waals surface area contributed by atoms with Crippen molar-refractivity contribution in [1.29, 1.82) is 0 Å². The van der Waals surface area contributed by atoms with Crippen molar-refractivity contribution in [2.24, 2.45) is 0 Å². The second-order valence-corrected chi connectivity index (χ2v) is 9.06. The standard InChI is InChI=1S/C25H25N5O3S/c1-3-33-19-10-8-18(9-11-19)24(32)29-14-12-28(13-15-29)21-16-22(31)30-25(26-21)34-23(27-30)20-7-5-4-6-17(20)2/h4-11,16H,3,12-15H2,1-2H3. The molecule has 0 atom stereocenters. The van der Waals surface area contributed by atoms with Crippen LogP contribution in [0.4, 0.5) is 5.82 Å². The summed E-state index contributed by atoms with van der Waals surface area (Å²) >= 11 is 1.40. The zero-order valence-corrected chi connectivity index (χ0v) is 19.9. The van der Waals surface area contributed by atoms with Gasteiger partial charge in [0.2, 0.25) is 4.96 Å². The smallest absolute Gasteiger partial charge is 0.277 e. The fourth-order valence-electron chi connectivity index (χ4n) is 4.06. The molecule has 0 aliphatic carbocycles. The number of fused-ring (bicyclic) bond motifs is 1. The van der Waals surface area contributed by atoms with Crippen molar-refractivity contribution in [3.05, 3.63) is 76.1 Å². The molecule has 1 aliphatic rings. The molecule has 2 aromatic carbocycles. The van der Waals surface area contributed by atoms with Crippen LogP contribution < -0.4 is 15.2 Å². The van der Waals surface area contributed by atoms with Gasteiger partial charge in [0, 0.05) is 43.4 Å². The van der Waals surface area contributed by atoms with E-state index in [4.69, 9.17) is 9.72 Å². The van der Waals surface area contributed by atoms with Gasteiger partial charge in [0.1, 0.15) is 16.6 Å². The lowest BCUT2D eigenvalue weighted by Gasteiger charge is -2.35. The summed E-state index contributed by atoms with van der Waals surface area (Å²) in [5, 5.41) is 5.27. The van der Waals surface area contributed by atoms with Crippen LogP contribution in [0, 0.1) is 6.92 Å². The molecule has 4 aromatic rings. The average Bonchev–Trinajstić information content (AvgIpc) is 3.29. The van der Waals surface area contributed by atoms with Gasteiger partial charge < -0.3 is 14.5 Å². The predicted octanol–water partition coefficient (Wildman–Crippen LogP) is 3.49. The Morgan fingerprint density at radius 3 is 2.50 bits per heavy atom. The van der Waals surface area contributed by atoms with Gasteiger partial charge in [0.25, 0.3) is 11.5 Å². The van der Waals surface area contributed by atoms with Gasteiger partial charge in [0.15, 0.2) is 0 Å². The van der Waals surface area contributed by atoms with E-state index in [1.807, 2.05) is 55.1 Å². The molecule has 9 heteroatoms. The van der Waals surface area contributed by atoms with Crippen LogP contribution in [0.5, 0.6) is 5.75 Å². The van der Waals surface area contributed by atoms with E-state index in [-0.39, 0.29) is 11.5 Å². The average molecular weight is 476 g/mol. The number of piperazine rings is 1. The SMILES string of the molecule is CCOc1ccc(C(=O)N2CCN(c3cc(=O)n4nc(-c5ccccc5C)sc4n3)CC2)cc1. The number of carbonyl (C=O) groups excluding carboxylic acids is 1. The molecule has 5 rings (SSSR count). The molecule has 0 spiro atoms. The molecular formula is C25H25N5O3S. The van der Waals surface area contributed by atoms with Crippen molar-refractivity contribution < 1.29 is 9.53 Å². The first-order valence-corrected chi connectivity index (χ1v) is 12.1. The molecule has 0 N–H and O–H groups in total. The molecule has 0 radical (unpaired) electrons. The number of aryl methyl sites for hydroxylation is 1. The first-order chi connectivity index (χ1) is 16.5. The van der Waals surface area contributed by atoms with Crippen molar-refractivity contribution in [3.8, 4) is 16.3 Å². The van der Waals surface area contributed by atoms with E-state index >= 15 is 0 Å². The first-order valence-electron chi connectivity index (χ1n) is 11.3. The minimum Gasteiger partial charge on any atom is -0.494 e. The molecule has 0 unspecified atom stereocenters. The molecule has 0 bridgehead atoms. The fourth-order valence-corrected chi connectivity index (χ4v) is 5.06. The molecule has 1 fully saturated rings. The maximum absolute atomic E-state index is 12.9. The summed E-state index contributed by atoms with van der Waals surface area (Å²) in [6.45, 7) is 6.88. The van der Waals surface area contributed by atoms with Gasteiger partial charge in [0.05, 0.1) is 6.61 Å². The van der Waals surface area contributed by atoms with Gasteiger partial charge in [-0.2, -0.15) is 9.61 Å². The van der Waals surface area contributed by atoms with Gasteiger partial charge in [-0.25, -0.2) is 4.98 Å². The molecule has 8 nitrogen and oxygen atoms in total. The summed E-state index contributed by atoms with van der Waals surface area (Å²) in [7, 11) is 0. The number of hydrogen-bond donors (Lipinski definition) is 0. The molecule has 34 heavy (non-hydrogen) atoms. The van der Waals surface area contributed by atoms with E-state index in [1.165, 1.54) is 21.9 Å². The van der Waals surface area contributed by atoms with Crippen LogP contribution >= 0.6 is 11.3 Å². The fraction of sp³-hybridized carbons (Fsp3) is 0.280. The van der Waals surface area contributed by atoms with Gasteiger partial charge in [-0.1, -0.05) is 35.6 Å². The lowest BCUT2D eigenvalue weighted by Crippen LogP contribution is -2.49. The molecule has 3 heterocycles. The predicted molar refractivity (Wildman–Crippen MR) is 133 cm³/mol. The Labute approximate surface area is 201 Å². The molecule has 2 aromatic heterocycles. The van der Waals surface area contributed by atoms with E-state index in [2.05, 4.69) is 10.00 Å². The lowest BCUT2D eigenvalue weighted by molar-refractivity contribution is 0.0746. The largest absolute Gasteiger partial charge is 0.494 e. The highest BCUT2D eigenvalue weighted by molar-refractivity contribution is 7.19. The number of hydrogen-bond acceptors (Lipinski definition) is 7. The third kappa shape index (κ3) is 4.26. The number of anilines is 1. The van der Waals surface area contributed by atoms with Gasteiger partial charge in [-0.3, -0.25) is 9.59 Å².